The maximum atomic E-state index is 13.0. The van der Waals surface area contributed by atoms with E-state index in [0.29, 0.717) is 23.8 Å². The second-order valence-corrected chi connectivity index (χ2v) is 7.42. The Kier molecular flexibility index (Phi) is 5.19. The molecule has 1 N–H and O–H groups in total. The lowest BCUT2D eigenvalue weighted by atomic mass is 10.1. The molecule has 4 aromatic rings. The SMILES string of the molecule is O=C(Nc1cn(CC2CO2)nc1-c1cc(Cl)ccc1OC(F)F)c1cnn2cccnc12. The summed E-state index contributed by atoms with van der Waals surface area (Å²) < 4.78 is 38.9. The zero-order chi connectivity index (χ0) is 22.2. The number of epoxide rings is 1. The Morgan fingerprint density at radius 2 is 2.25 bits per heavy atom. The summed E-state index contributed by atoms with van der Waals surface area (Å²) in [5.41, 5.74) is 1.33. The number of nitrogens with zero attached hydrogens (tertiary/aromatic N) is 5. The molecule has 0 radical (unpaired) electrons. The highest BCUT2D eigenvalue weighted by Crippen LogP contribution is 2.37. The number of hydrogen-bond donors (Lipinski definition) is 1. The summed E-state index contributed by atoms with van der Waals surface area (Å²) in [6.07, 6.45) is 6.21. The highest BCUT2D eigenvalue weighted by molar-refractivity contribution is 6.31. The topological polar surface area (TPSA) is 98.9 Å². The van der Waals surface area contributed by atoms with Gasteiger partial charge in [-0.2, -0.15) is 19.0 Å². The van der Waals surface area contributed by atoms with Crippen LogP contribution in [0.3, 0.4) is 0 Å². The summed E-state index contributed by atoms with van der Waals surface area (Å²) in [6.45, 7) is -2.01. The minimum Gasteiger partial charge on any atom is -0.434 e. The molecule has 0 aliphatic carbocycles. The zero-order valence-corrected chi connectivity index (χ0v) is 17.0. The molecule has 1 unspecified atom stereocenters. The second kappa shape index (κ2) is 8.17. The van der Waals surface area contributed by atoms with Crippen LogP contribution < -0.4 is 10.1 Å². The van der Waals surface area contributed by atoms with Gasteiger partial charge in [-0.05, 0) is 24.3 Å². The molecule has 0 bridgehead atoms. The van der Waals surface area contributed by atoms with Crippen molar-refractivity contribution in [2.75, 3.05) is 11.9 Å². The summed E-state index contributed by atoms with van der Waals surface area (Å²) in [7, 11) is 0. The first-order chi connectivity index (χ1) is 15.5. The van der Waals surface area contributed by atoms with Gasteiger partial charge in [0.1, 0.15) is 23.1 Å². The molecular weight excluding hydrogens is 446 g/mol. The lowest BCUT2D eigenvalue weighted by Gasteiger charge is -2.11. The smallest absolute Gasteiger partial charge is 0.387 e. The van der Waals surface area contributed by atoms with E-state index in [1.165, 1.54) is 28.9 Å². The number of fused-ring (bicyclic) bond motifs is 1. The van der Waals surface area contributed by atoms with Crippen molar-refractivity contribution in [1.82, 2.24) is 24.4 Å². The van der Waals surface area contributed by atoms with Gasteiger partial charge in [-0.15, -0.1) is 0 Å². The Morgan fingerprint density at radius 3 is 3.03 bits per heavy atom. The highest BCUT2D eigenvalue weighted by atomic mass is 35.5. The standard InChI is InChI=1S/C20H15ClF2N6O3/c21-11-2-3-16(32-20(22)23)13(6-11)17-15(9-28(27-17)8-12-10-31-12)26-19(30)14-7-25-29-5-1-4-24-18(14)29/h1-7,9,12,20H,8,10H2,(H,26,30). The summed E-state index contributed by atoms with van der Waals surface area (Å²) in [5, 5.41) is 11.6. The molecule has 5 rings (SSSR count). The molecule has 1 fully saturated rings. The molecular formula is C20H15ClF2N6O3. The van der Waals surface area contributed by atoms with Crippen LogP contribution in [-0.2, 0) is 11.3 Å². The number of hydrogen-bond acceptors (Lipinski definition) is 6. The van der Waals surface area contributed by atoms with E-state index in [-0.39, 0.29) is 34.4 Å². The number of alkyl halides is 2. The van der Waals surface area contributed by atoms with Gasteiger partial charge in [0.15, 0.2) is 5.65 Å². The minimum absolute atomic E-state index is 0.00580. The van der Waals surface area contributed by atoms with E-state index in [0.717, 1.165) is 0 Å². The van der Waals surface area contributed by atoms with E-state index in [4.69, 9.17) is 16.3 Å². The van der Waals surface area contributed by atoms with Crippen molar-refractivity contribution >= 4 is 28.8 Å². The van der Waals surface area contributed by atoms with Gasteiger partial charge >= 0.3 is 6.61 Å². The third-order valence-electron chi connectivity index (χ3n) is 4.74. The van der Waals surface area contributed by atoms with Crippen LogP contribution in [0.15, 0.2) is 49.1 Å². The molecule has 1 amide bonds. The van der Waals surface area contributed by atoms with Crippen molar-refractivity contribution in [3.63, 3.8) is 0 Å². The molecule has 1 aromatic carbocycles. The minimum atomic E-state index is -3.04. The van der Waals surface area contributed by atoms with Crippen molar-refractivity contribution < 1.29 is 23.0 Å². The van der Waals surface area contributed by atoms with Crippen LogP contribution >= 0.6 is 11.6 Å². The number of carbonyl (C=O) groups excluding carboxylic acids is 1. The normalized spacial score (nSPS) is 15.3. The highest BCUT2D eigenvalue weighted by Gasteiger charge is 2.26. The maximum Gasteiger partial charge on any atom is 0.387 e. The Morgan fingerprint density at radius 1 is 1.41 bits per heavy atom. The zero-order valence-electron chi connectivity index (χ0n) is 16.3. The monoisotopic (exact) mass is 460 g/mol. The molecule has 12 heteroatoms. The van der Waals surface area contributed by atoms with Crippen molar-refractivity contribution in [2.24, 2.45) is 0 Å². The Labute approximate surface area is 184 Å². The van der Waals surface area contributed by atoms with Gasteiger partial charge in [0.2, 0.25) is 0 Å². The molecule has 3 aromatic heterocycles. The van der Waals surface area contributed by atoms with Gasteiger partial charge in [-0.3, -0.25) is 9.48 Å². The average Bonchev–Trinajstić information content (AvgIpc) is 3.32. The van der Waals surface area contributed by atoms with Crippen molar-refractivity contribution in [1.29, 1.82) is 0 Å². The largest absolute Gasteiger partial charge is 0.434 e. The van der Waals surface area contributed by atoms with Gasteiger partial charge in [0.25, 0.3) is 5.91 Å². The Balaban J connectivity index is 1.54. The van der Waals surface area contributed by atoms with Gasteiger partial charge in [-0.25, -0.2) is 9.50 Å². The average molecular weight is 461 g/mol. The second-order valence-electron chi connectivity index (χ2n) is 6.99. The molecule has 1 saturated heterocycles. The van der Waals surface area contributed by atoms with Gasteiger partial charge in [0, 0.05) is 29.2 Å². The van der Waals surface area contributed by atoms with E-state index < -0.39 is 12.5 Å². The van der Waals surface area contributed by atoms with E-state index in [1.54, 1.807) is 29.3 Å². The number of anilines is 1. The van der Waals surface area contributed by atoms with Gasteiger partial charge < -0.3 is 14.8 Å². The molecule has 32 heavy (non-hydrogen) atoms. The number of rotatable bonds is 7. The molecule has 9 nitrogen and oxygen atoms in total. The number of carbonyl (C=O) groups is 1. The number of amides is 1. The lowest BCUT2D eigenvalue weighted by Crippen LogP contribution is -2.12. The van der Waals surface area contributed by atoms with Crippen LogP contribution in [-0.4, -0.2) is 49.6 Å². The van der Waals surface area contributed by atoms with Gasteiger partial charge in [-0.1, -0.05) is 11.6 Å². The lowest BCUT2D eigenvalue weighted by molar-refractivity contribution is -0.0494. The fourth-order valence-electron chi connectivity index (χ4n) is 3.25. The quantitative estimate of drug-likeness (QED) is 0.424. The van der Waals surface area contributed by atoms with Crippen LogP contribution in [0.2, 0.25) is 5.02 Å². The first-order valence-electron chi connectivity index (χ1n) is 9.51. The predicted octanol–water partition coefficient (Wildman–Crippen LogP) is 3.50. The number of halogens is 3. The van der Waals surface area contributed by atoms with Crippen molar-refractivity contribution in [2.45, 2.75) is 19.3 Å². The number of ether oxygens (including phenoxy) is 2. The Bertz CT molecular complexity index is 1300. The van der Waals surface area contributed by atoms with E-state index in [2.05, 4.69) is 25.2 Å². The van der Waals surface area contributed by atoms with Crippen LogP contribution in [0, 0.1) is 0 Å². The van der Waals surface area contributed by atoms with Crippen LogP contribution in [0.4, 0.5) is 14.5 Å². The number of aromatic nitrogens is 5. The Hall–Kier alpha value is -3.57. The number of benzene rings is 1. The maximum absolute atomic E-state index is 13.0. The molecule has 1 aliphatic heterocycles. The molecule has 0 spiro atoms. The summed E-state index contributed by atoms with van der Waals surface area (Å²) in [4.78, 5) is 17.2. The summed E-state index contributed by atoms with van der Waals surface area (Å²) in [5.74, 6) is -0.606. The first-order valence-corrected chi connectivity index (χ1v) is 9.89. The molecule has 164 valence electrons. The van der Waals surface area contributed by atoms with Gasteiger partial charge in [0.05, 0.1) is 25.0 Å². The van der Waals surface area contributed by atoms with Crippen LogP contribution in [0.25, 0.3) is 16.9 Å². The van der Waals surface area contributed by atoms with Crippen molar-refractivity contribution in [3.8, 4) is 17.0 Å². The predicted molar refractivity (Wildman–Crippen MR) is 110 cm³/mol. The summed E-state index contributed by atoms with van der Waals surface area (Å²) >= 11 is 6.10. The molecule has 1 atom stereocenters. The molecule has 0 saturated carbocycles. The fourth-order valence-corrected chi connectivity index (χ4v) is 3.42. The summed E-state index contributed by atoms with van der Waals surface area (Å²) in [6, 6.07) is 5.90. The molecule has 1 aliphatic rings. The van der Waals surface area contributed by atoms with Crippen LogP contribution in [0.1, 0.15) is 10.4 Å². The van der Waals surface area contributed by atoms with Crippen molar-refractivity contribution in [3.05, 3.63) is 59.6 Å². The number of nitrogens with one attached hydrogen (secondary N) is 1. The third-order valence-corrected chi connectivity index (χ3v) is 4.97. The van der Waals surface area contributed by atoms with Crippen LogP contribution in [0.5, 0.6) is 5.75 Å². The fraction of sp³-hybridized carbons (Fsp3) is 0.200. The first kappa shape index (κ1) is 20.3. The molecule has 4 heterocycles. The van der Waals surface area contributed by atoms with E-state index in [1.807, 2.05) is 0 Å². The van der Waals surface area contributed by atoms with E-state index in [9.17, 15) is 13.6 Å². The third kappa shape index (κ3) is 4.12. The van der Waals surface area contributed by atoms with E-state index >= 15 is 0 Å².